The van der Waals surface area contributed by atoms with E-state index in [9.17, 15) is 18.0 Å². The Bertz CT molecular complexity index is 1030. The second kappa shape index (κ2) is 8.22. The van der Waals surface area contributed by atoms with Gasteiger partial charge < -0.3 is 15.0 Å². The Hall–Kier alpha value is -2.91. The lowest BCUT2D eigenvalue weighted by Gasteiger charge is -2.29. The molecule has 8 nitrogen and oxygen atoms in total. The second-order valence-corrected chi connectivity index (χ2v) is 8.93. The first-order valence-corrected chi connectivity index (χ1v) is 10.6. The molecule has 0 aliphatic carbocycles. The number of fused-ring (bicyclic) bond motifs is 1. The van der Waals surface area contributed by atoms with Crippen LogP contribution in [0.2, 0.25) is 0 Å². The van der Waals surface area contributed by atoms with Gasteiger partial charge in [0.25, 0.3) is 11.8 Å². The Morgan fingerprint density at radius 3 is 2.48 bits per heavy atom. The maximum Gasteiger partial charge on any atom is 0.265 e. The third kappa shape index (κ3) is 4.25. The number of anilines is 2. The minimum atomic E-state index is -3.55. The zero-order chi connectivity index (χ0) is 21.2. The van der Waals surface area contributed by atoms with Gasteiger partial charge in [0.15, 0.2) is 6.61 Å². The number of benzene rings is 2. The smallest absolute Gasteiger partial charge is 0.265 e. The van der Waals surface area contributed by atoms with Crippen molar-refractivity contribution >= 4 is 33.2 Å². The van der Waals surface area contributed by atoms with Gasteiger partial charge in [-0.3, -0.25) is 9.59 Å². The number of hydrogen-bond acceptors (Lipinski definition) is 5. The lowest BCUT2D eigenvalue weighted by atomic mass is 10.1. The van der Waals surface area contributed by atoms with E-state index < -0.39 is 10.0 Å². The molecule has 0 radical (unpaired) electrons. The van der Waals surface area contributed by atoms with Crippen molar-refractivity contribution in [3.05, 3.63) is 48.0 Å². The van der Waals surface area contributed by atoms with Crippen molar-refractivity contribution in [3.63, 3.8) is 0 Å². The quantitative estimate of drug-likeness (QED) is 0.778. The molecular formula is C20H23N3O5S. The average molecular weight is 417 g/mol. The molecule has 1 aliphatic heterocycles. The number of ether oxygens (including phenoxy) is 1. The van der Waals surface area contributed by atoms with Gasteiger partial charge >= 0.3 is 0 Å². The molecule has 3 rings (SSSR count). The van der Waals surface area contributed by atoms with E-state index in [0.29, 0.717) is 29.2 Å². The highest BCUT2D eigenvalue weighted by atomic mass is 32.2. The standard InChI is InChI=1S/C20H23N3O5S/c1-4-11-23-17-10-7-15(12-18(17)28-13-19(23)24)21-20(25)14-5-8-16(9-6-14)29(26,27)22(2)3/h5-10,12H,4,11,13H2,1-3H3,(H,21,25). The van der Waals surface area contributed by atoms with Gasteiger partial charge in [-0.25, -0.2) is 12.7 Å². The van der Waals surface area contributed by atoms with E-state index in [0.717, 1.165) is 10.7 Å². The van der Waals surface area contributed by atoms with Crippen LogP contribution in [0.1, 0.15) is 23.7 Å². The zero-order valence-electron chi connectivity index (χ0n) is 16.5. The van der Waals surface area contributed by atoms with Gasteiger partial charge in [-0.15, -0.1) is 0 Å². The Labute approximate surface area is 170 Å². The summed E-state index contributed by atoms with van der Waals surface area (Å²) >= 11 is 0. The molecule has 1 heterocycles. The van der Waals surface area contributed by atoms with Gasteiger partial charge in [0, 0.05) is 38.0 Å². The largest absolute Gasteiger partial charge is 0.481 e. The molecule has 2 amide bonds. The summed E-state index contributed by atoms with van der Waals surface area (Å²) in [6, 6.07) is 10.8. The number of nitrogens with one attached hydrogen (secondary N) is 1. The second-order valence-electron chi connectivity index (χ2n) is 6.78. The summed E-state index contributed by atoms with van der Waals surface area (Å²) in [7, 11) is -0.655. The number of rotatable bonds is 6. The molecule has 0 saturated carbocycles. The summed E-state index contributed by atoms with van der Waals surface area (Å²) in [5, 5.41) is 2.77. The van der Waals surface area contributed by atoms with Crippen LogP contribution in [-0.2, 0) is 14.8 Å². The molecule has 0 unspecified atom stereocenters. The lowest BCUT2D eigenvalue weighted by Crippen LogP contribution is -2.39. The molecule has 1 aliphatic rings. The van der Waals surface area contributed by atoms with Crippen LogP contribution in [0.25, 0.3) is 0 Å². The van der Waals surface area contributed by atoms with Crippen LogP contribution in [0, 0.1) is 0 Å². The minimum absolute atomic E-state index is 0.0355. The van der Waals surface area contributed by atoms with E-state index in [1.54, 1.807) is 23.1 Å². The zero-order valence-corrected chi connectivity index (χ0v) is 17.3. The van der Waals surface area contributed by atoms with Crippen molar-refractivity contribution in [2.24, 2.45) is 0 Å². The van der Waals surface area contributed by atoms with E-state index >= 15 is 0 Å². The first-order chi connectivity index (χ1) is 13.7. The fourth-order valence-corrected chi connectivity index (χ4v) is 3.85. The lowest BCUT2D eigenvalue weighted by molar-refractivity contribution is -0.121. The summed E-state index contributed by atoms with van der Waals surface area (Å²) in [5.41, 5.74) is 1.52. The monoisotopic (exact) mass is 417 g/mol. The Kier molecular flexibility index (Phi) is 5.90. The van der Waals surface area contributed by atoms with Gasteiger partial charge in [0.2, 0.25) is 10.0 Å². The number of sulfonamides is 1. The van der Waals surface area contributed by atoms with Crippen LogP contribution in [0.4, 0.5) is 11.4 Å². The van der Waals surface area contributed by atoms with Crippen LogP contribution in [0.3, 0.4) is 0 Å². The minimum Gasteiger partial charge on any atom is -0.481 e. The summed E-state index contributed by atoms with van der Waals surface area (Å²) in [5.74, 6) is 0.0585. The predicted octanol–water partition coefficient (Wildman–Crippen LogP) is 2.32. The van der Waals surface area contributed by atoms with Gasteiger partial charge in [-0.05, 0) is 42.8 Å². The van der Waals surface area contributed by atoms with Crippen LogP contribution in [-0.4, -0.2) is 51.8 Å². The third-order valence-corrected chi connectivity index (χ3v) is 6.33. The van der Waals surface area contributed by atoms with Crippen molar-refractivity contribution in [2.45, 2.75) is 18.2 Å². The molecule has 0 spiro atoms. The fraction of sp³-hybridized carbons (Fsp3) is 0.300. The first kappa shape index (κ1) is 20.8. The molecule has 29 heavy (non-hydrogen) atoms. The number of carbonyl (C=O) groups is 2. The maximum atomic E-state index is 12.5. The van der Waals surface area contributed by atoms with Crippen molar-refractivity contribution < 1.29 is 22.7 Å². The summed E-state index contributed by atoms with van der Waals surface area (Å²) < 4.78 is 30.9. The van der Waals surface area contributed by atoms with Crippen LogP contribution < -0.4 is 15.0 Å². The highest BCUT2D eigenvalue weighted by Gasteiger charge is 2.25. The SMILES string of the molecule is CCCN1C(=O)COc2cc(NC(=O)c3ccc(S(=O)(=O)N(C)C)cc3)ccc21. The van der Waals surface area contributed by atoms with E-state index in [-0.39, 0.29) is 23.3 Å². The highest BCUT2D eigenvalue weighted by molar-refractivity contribution is 7.89. The number of carbonyl (C=O) groups excluding carboxylic acids is 2. The first-order valence-electron chi connectivity index (χ1n) is 9.15. The topological polar surface area (TPSA) is 96.0 Å². The summed E-state index contributed by atoms with van der Waals surface area (Å²) in [4.78, 5) is 26.3. The average Bonchev–Trinajstić information content (AvgIpc) is 2.70. The third-order valence-electron chi connectivity index (χ3n) is 4.50. The maximum absolute atomic E-state index is 12.5. The van der Waals surface area contributed by atoms with Crippen molar-refractivity contribution in [1.29, 1.82) is 0 Å². The molecule has 9 heteroatoms. The molecule has 0 bridgehead atoms. The molecule has 1 N–H and O–H groups in total. The van der Waals surface area contributed by atoms with Crippen LogP contribution >= 0.6 is 0 Å². The molecule has 2 aromatic carbocycles. The van der Waals surface area contributed by atoms with Crippen molar-refractivity contribution in [2.75, 3.05) is 37.5 Å². The Morgan fingerprint density at radius 1 is 1.17 bits per heavy atom. The van der Waals surface area contributed by atoms with E-state index in [1.165, 1.54) is 38.4 Å². The Morgan fingerprint density at radius 2 is 1.86 bits per heavy atom. The molecule has 2 aromatic rings. The molecule has 0 fully saturated rings. The molecule has 0 aromatic heterocycles. The van der Waals surface area contributed by atoms with Crippen LogP contribution in [0.15, 0.2) is 47.4 Å². The van der Waals surface area contributed by atoms with Crippen LogP contribution in [0.5, 0.6) is 5.75 Å². The van der Waals surface area contributed by atoms with Crippen molar-refractivity contribution in [3.8, 4) is 5.75 Å². The van der Waals surface area contributed by atoms with E-state index in [4.69, 9.17) is 4.74 Å². The van der Waals surface area contributed by atoms with E-state index in [2.05, 4.69) is 5.32 Å². The normalized spacial score (nSPS) is 13.8. The molecule has 0 atom stereocenters. The number of amides is 2. The number of hydrogen-bond donors (Lipinski definition) is 1. The van der Waals surface area contributed by atoms with E-state index in [1.807, 2.05) is 6.92 Å². The Balaban J connectivity index is 1.77. The summed E-state index contributed by atoms with van der Waals surface area (Å²) in [6.45, 7) is 2.56. The van der Waals surface area contributed by atoms with Gasteiger partial charge in [-0.2, -0.15) is 0 Å². The number of nitrogens with zero attached hydrogens (tertiary/aromatic N) is 2. The van der Waals surface area contributed by atoms with Crippen molar-refractivity contribution in [1.82, 2.24) is 4.31 Å². The van der Waals surface area contributed by atoms with Gasteiger partial charge in [0.05, 0.1) is 10.6 Å². The summed E-state index contributed by atoms with van der Waals surface area (Å²) in [6.07, 6.45) is 0.823. The molecule has 154 valence electrons. The molecular weight excluding hydrogens is 394 g/mol. The molecule has 0 saturated heterocycles. The fourth-order valence-electron chi connectivity index (χ4n) is 2.94. The van der Waals surface area contributed by atoms with Gasteiger partial charge in [-0.1, -0.05) is 6.92 Å². The predicted molar refractivity (Wildman–Crippen MR) is 110 cm³/mol. The van der Waals surface area contributed by atoms with Gasteiger partial charge in [0.1, 0.15) is 5.75 Å². The highest BCUT2D eigenvalue weighted by Crippen LogP contribution is 2.34.